The van der Waals surface area contributed by atoms with E-state index >= 15 is 0 Å². The van der Waals surface area contributed by atoms with E-state index in [-0.39, 0.29) is 22.8 Å². The van der Waals surface area contributed by atoms with Crippen molar-refractivity contribution in [2.45, 2.75) is 52.4 Å². The zero-order chi connectivity index (χ0) is 19.3. The van der Waals surface area contributed by atoms with Crippen LogP contribution in [0.25, 0.3) is 0 Å². The van der Waals surface area contributed by atoms with Crippen LogP contribution in [0.2, 0.25) is 0 Å². The fraction of sp³-hybridized carbons (Fsp3) is 0.455. The molecule has 0 fully saturated rings. The van der Waals surface area contributed by atoms with Gasteiger partial charge in [-0.25, -0.2) is 4.79 Å². The second-order valence-corrected chi connectivity index (χ2v) is 9.89. The van der Waals surface area contributed by atoms with Crippen molar-refractivity contribution in [3.05, 3.63) is 51.4 Å². The molecule has 2 N–H and O–H groups in total. The molecular weight excluding hydrogens is 358 g/mol. The normalized spacial score (nSPS) is 22.0. The van der Waals surface area contributed by atoms with Crippen LogP contribution in [0.1, 0.15) is 71.5 Å². The first-order chi connectivity index (χ1) is 12.7. The molecule has 4 rings (SSSR count). The Morgan fingerprint density at radius 2 is 1.89 bits per heavy atom. The summed E-state index contributed by atoms with van der Waals surface area (Å²) in [7, 11) is 0. The summed E-state index contributed by atoms with van der Waals surface area (Å²) < 4.78 is 0. The number of hydrogen-bond donors (Lipinski definition) is 2. The third-order valence-corrected chi connectivity index (χ3v) is 7.27. The van der Waals surface area contributed by atoms with Crippen molar-refractivity contribution < 1.29 is 14.7 Å². The second kappa shape index (κ2) is 6.48. The molecule has 2 aliphatic rings. The summed E-state index contributed by atoms with van der Waals surface area (Å²) in [5.74, 6) is -0.206. The molecule has 0 radical (unpaired) electrons. The zero-order valence-electron chi connectivity index (χ0n) is 16.0. The van der Waals surface area contributed by atoms with Gasteiger partial charge >= 0.3 is 5.97 Å². The van der Waals surface area contributed by atoms with E-state index in [9.17, 15) is 9.59 Å². The van der Waals surface area contributed by atoms with Crippen LogP contribution in [0.4, 0.5) is 5.00 Å². The van der Waals surface area contributed by atoms with Crippen LogP contribution >= 0.6 is 11.3 Å². The fourth-order valence-corrected chi connectivity index (χ4v) is 5.83. The van der Waals surface area contributed by atoms with Gasteiger partial charge in [0, 0.05) is 17.2 Å². The van der Waals surface area contributed by atoms with Crippen molar-refractivity contribution in [3.63, 3.8) is 0 Å². The summed E-state index contributed by atoms with van der Waals surface area (Å²) in [6, 6.07) is 7.00. The molecule has 0 bridgehead atoms. The van der Waals surface area contributed by atoms with E-state index in [1.807, 2.05) is 12.1 Å². The van der Waals surface area contributed by atoms with E-state index in [0.29, 0.717) is 12.3 Å². The maximum Gasteiger partial charge on any atom is 0.335 e. The van der Waals surface area contributed by atoms with Crippen molar-refractivity contribution in [2.75, 3.05) is 5.32 Å². The van der Waals surface area contributed by atoms with Crippen molar-refractivity contribution in [1.82, 2.24) is 0 Å². The van der Waals surface area contributed by atoms with Crippen molar-refractivity contribution >= 4 is 28.2 Å². The van der Waals surface area contributed by atoms with Gasteiger partial charge in [0.1, 0.15) is 0 Å². The molecule has 0 spiro atoms. The second-order valence-electron chi connectivity index (χ2n) is 8.78. The Labute approximate surface area is 163 Å². The number of carbonyl (C=O) groups is 2. The lowest BCUT2D eigenvalue weighted by atomic mass is 9.71. The summed E-state index contributed by atoms with van der Waals surface area (Å²) in [6.07, 6.45) is 3.74. The molecule has 142 valence electrons. The van der Waals surface area contributed by atoms with Crippen LogP contribution in [0.3, 0.4) is 0 Å². The molecule has 2 atom stereocenters. The van der Waals surface area contributed by atoms with Crippen molar-refractivity contribution in [3.8, 4) is 0 Å². The predicted octanol–water partition coefficient (Wildman–Crippen LogP) is 5.07. The lowest BCUT2D eigenvalue weighted by molar-refractivity contribution is -0.116. The smallest absolute Gasteiger partial charge is 0.335 e. The molecule has 1 aromatic heterocycles. The molecule has 1 amide bonds. The summed E-state index contributed by atoms with van der Waals surface area (Å²) in [5, 5.41) is 13.2. The third-order valence-electron chi connectivity index (χ3n) is 6.08. The highest BCUT2D eigenvalue weighted by molar-refractivity contribution is 7.16. The number of anilines is 1. The fourth-order valence-electron chi connectivity index (χ4n) is 4.42. The minimum Gasteiger partial charge on any atom is -0.478 e. The maximum atomic E-state index is 12.3. The third kappa shape index (κ3) is 3.29. The van der Waals surface area contributed by atoms with Crippen LogP contribution in [-0.4, -0.2) is 17.0 Å². The van der Waals surface area contributed by atoms with Gasteiger partial charge in [0.25, 0.3) is 0 Å². The average molecular weight is 384 g/mol. The standard InChI is InChI=1S/C22H25NO3S/c1-22(2,3)14-8-9-15-17(10-14)27-20-19(15)16(11-18(24)23-20)12-4-6-13(7-5-12)21(25)26/h4-7,14,16H,8-11H2,1-3H3,(H,23,24)(H,25,26)/t14-,16+/m1/s1. The molecule has 0 unspecified atom stereocenters. The zero-order valence-corrected chi connectivity index (χ0v) is 16.8. The van der Waals surface area contributed by atoms with E-state index in [0.717, 1.165) is 23.4 Å². The quantitative estimate of drug-likeness (QED) is 0.761. The monoisotopic (exact) mass is 383 g/mol. The van der Waals surface area contributed by atoms with Crippen LogP contribution in [0, 0.1) is 11.3 Å². The Morgan fingerprint density at radius 1 is 1.19 bits per heavy atom. The first kappa shape index (κ1) is 18.2. The van der Waals surface area contributed by atoms with E-state index in [4.69, 9.17) is 5.11 Å². The highest BCUT2D eigenvalue weighted by Crippen LogP contribution is 2.50. The highest BCUT2D eigenvalue weighted by atomic mass is 32.1. The number of benzene rings is 1. The Bertz CT molecular complexity index is 905. The average Bonchev–Trinajstić information content (AvgIpc) is 2.97. The van der Waals surface area contributed by atoms with Gasteiger partial charge in [-0.2, -0.15) is 0 Å². The van der Waals surface area contributed by atoms with E-state index in [1.54, 1.807) is 23.5 Å². The number of rotatable bonds is 2. The van der Waals surface area contributed by atoms with Crippen LogP contribution in [0.15, 0.2) is 24.3 Å². The van der Waals surface area contributed by atoms with Crippen molar-refractivity contribution in [1.29, 1.82) is 0 Å². The topological polar surface area (TPSA) is 66.4 Å². The van der Waals surface area contributed by atoms with Gasteiger partial charge < -0.3 is 10.4 Å². The minimum atomic E-state index is -0.926. The first-order valence-electron chi connectivity index (χ1n) is 9.51. The number of aromatic carboxylic acids is 1. The number of fused-ring (bicyclic) bond motifs is 3. The number of carboxylic acids is 1. The predicted molar refractivity (Wildman–Crippen MR) is 108 cm³/mol. The number of amides is 1. The maximum absolute atomic E-state index is 12.3. The van der Waals surface area contributed by atoms with Gasteiger partial charge in [-0.1, -0.05) is 32.9 Å². The van der Waals surface area contributed by atoms with Gasteiger partial charge in [0.2, 0.25) is 5.91 Å². The Balaban J connectivity index is 1.73. The van der Waals surface area contributed by atoms with Gasteiger partial charge in [0.15, 0.2) is 0 Å². The largest absolute Gasteiger partial charge is 0.478 e. The number of carboxylic acid groups (broad SMARTS) is 1. The van der Waals surface area contributed by atoms with Crippen molar-refractivity contribution in [2.24, 2.45) is 11.3 Å². The van der Waals surface area contributed by atoms with Crippen LogP contribution in [0.5, 0.6) is 0 Å². The molecule has 0 saturated carbocycles. The SMILES string of the molecule is CC(C)(C)[C@@H]1CCc2c(sc3c2[C@H](c2ccc(C(=O)O)cc2)CC(=O)N3)C1. The Kier molecular flexibility index (Phi) is 4.38. The van der Waals surface area contributed by atoms with Gasteiger partial charge in [-0.05, 0) is 59.4 Å². The summed E-state index contributed by atoms with van der Waals surface area (Å²) in [4.78, 5) is 24.9. The lowest BCUT2D eigenvalue weighted by Crippen LogP contribution is -2.27. The van der Waals surface area contributed by atoms with Crippen LogP contribution in [-0.2, 0) is 17.6 Å². The first-order valence-corrected chi connectivity index (χ1v) is 10.3. The molecule has 0 saturated heterocycles. The number of thiophene rings is 1. The van der Waals surface area contributed by atoms with Gasteiger partial charge in [0.05, 0.1) is 10.6 Å². The highest BCUT2D eigenvalue weighted by Gasteiger charge is 2.37. The summed E-state index contributed by atoms with van der Waals surface area (Å²) >= 11 is 1.74. The molecule has 1 aliphatic carbocycles. The van der Waals surface area contributed by atoms with E-state index in [1.165, 1.54) is 22.4 Å². The van der Waals surface area contributed by atoms with E-state index < -0.39 is 5.97 Å². The summed E-state index contributed by atoms with van der Waals surface area (Å²) in [6.45, 7) is 6.93. The molecule has 2 heterocycles. The minimum absolute atomic E-state index is 0.0165. The Morgan fingerprint density at radius 3 is 2.52 bits per heavy atom. The molecular formula is C22H25NO3S. The molecule has 2 aromatic rings. The molecule has 27 heavy (non-hydrogen) atoms. The van der Waals surface area contributed by atoms with Crippen LogP contribution < -0.4 is 5.32 Å². The molecule has 5 heteroatoms. The number of nitrogens with one attached hydrogen (secondary N) is 1. The van der Waals surface area contributed by atoms with Gasteiger partial charge in [-0.3, -0.25) is 4.79 Å². The summed E-state index contributed by atoms with van der Waals surface area (Å²) in [5.41, 5.74) is 4.28. The lowest BCUT2D eigenvalue weighted by Gasteiger charge is -2.34. The molecule has 4 nitrogen and oxygen atoms in total. The molecule has 1 aliphatic heterocycles. The van der Waals surface area contributed by atoms with E-state index in [2.05, 4.69) is 26.1 Å². The molecule has 1 aromatic carbocycles. The number of hydrogen-bond acceptors (Lipinski definition) is 3. The number of carbonyl (C=O) groups excluding carboxylic acids is 1. The Hall–Kier alpha value is -2.14. The van der Waals surface area contributed by atoms with Gasteiger partial charge in [-0.15, -0.1) is 11.3 Å².